The predicted octanol–water partition coefficient (Wildman–Crippen LogP) is 4.91. The number of esters is 1. The Bertz CT molecular complexity index is 1170. The van der Waals surface area contributed by atoms with Crippen molar-refractivity contribution in [3.8, 4) is 21.9 Å². The van der Waals surface area contributed by atoms with Gasteiger partial charge in [0.1, 0.15) is 20.9 Å². The SMILES string of the molecule is CCOc1ccccc1C(=O)Oc1ccc(-c2cc(=S)ss2)cc1.COONN1CCCC1.NOCOC=O. The Hall–Kier alpha value is -2.79. The van der Waals surface area contributed by atoms with Gasteiger partial charge in [-0.05, 0) is 67.8 Å². The molecule has 3 aromatic rings. The molecule has 0 radical (unpaired) electrons. The highest BCUT2D eigenvalue weighted by atomic mass is 32.9. The third-order valence-electron chi connectivity index (χ3n) is 4.78. The summed E-state index contributed by atoms with van der Waals surface area (Å²) in [5.41, 5.74) is 4.12. The van der Waals surface area contributed by atoms with E-state index in [2.05, 4.69) is 30.9 Å². The molecule has 39 heavy (non-hydrogen) atoms. The summed E-state index contributed by atoms with van der Waals surface area (Å²) in [5.74, 6) is 5.02. The number of hydrazine groups is 1. The molecule has 1 aliphatic rings. The van der Waals surface area contributed by atoms with E-state index in [1.54, 1.807) is 51.0 Å². The van der Waals surface area contributed by atoms with E-state index in [9.17, 15) is 9.59 Å². The average molecular weight is 598 g/mol. The van der Waals surface area contributed by atoms with Crippen LogP contribution in [0.1, 0.15) is 30.1 Å². The standard InChI is InChI=1S/C18H14O3S3.C5H12N2O2.C2H5NO3/c1-2-20-15-6-4-3-5-14(15)18(19)21-13-9-7-12(8-10-13)16-11-17(22)24-23-16;1-8-9-6-7-4-2-3-5-7;3-6-2-5-1-4/h3-11H,2H2,1H3;6H,2-5H2,1H3;1H,2-3H2. The molecule has 0 spiro atoms. The molecule has 0 unspecified atom stereocenters. The summed E-state index contributed by atoms with van der Waals surface area (Å²) in [6.45, 7) is 4.54. The van der Waals surface area contributed by atoms with Crippen LogP contribution in [0.4, 0.5) is 0 Å². The number of carbonyl (C=O) groups is 2. The summed E-state index contributed by atoms with van der Waals surface area (Å²) in [6.07, 6.45) is 2.47. The quantitative estimate of drug-likeness (QED) is 0.0358. The Labute approximate surface area is 239 Å². The van der Waals surface area contributed by atoms with E-state index in [-0.39, 0.29) is 13.3 Å². The van der Waals surface area contributed by atoms with Gasteiger partial charge in [0.2, 0.25) is 6.79 Å². The second-order valence-electron chi connectivity index (χ2n) is 7.42. The van der Waals surface area contributed by atoms with Crippen molar-refractivity contribution in [3.05, 3.63) is 64.0 Å². The first-order valence-corrected chi connectivity index (χ1v) is 14.3. The van der Waals surface area contributed by atoms with Crippen molar-refractivity contribution >= 4 is 45.3 Å². The summed E-state index contributed by atoms with van der Waals surface area (Å²) >= 11 is 5.15. The van der Waals surface area contributed by atoms with E-state index in [0.29, 0.717) is 23.7 Å². The Kier molecular flexibility index (Phi) is 16.0. The third kappa shape index (κ3) is 12.3. The normalized spacial score (nSPS) is 12.4. The zero-order valence-corrected chi connectivity index (χ0v) is 24.0. The fourth-order valence-electron chi connectivity index (χ4n) is 3.10. The van der Waals surface area contributed by atoms with Crippen LogP contribution in [-0.4, -0.2) is 51.0 Å². The maximum Gasteiger partial charge on any atom is 0.347 e. The molecule has 0 aliphatic carbocycles. The van der Waals surface area contributed by atoms with Crippen molar-refractivity contribution in [3.63, 3.8) is 0 Å². The van der Waals surface area contributed by atoms with Gasteiger partial charge in [0.25, 0.3) is 6.47 Å². The van der Waals surface area contributed by atoms with Crippen LogP contribution in [0.5, 0.6) is 11.5 Å². The molecule has 4 rings (SSSR count). The molecule has 11 nitrogen and oxygen atoms in total. The van der Waals surface area contributed by atoms with Crippen LogP contribution in [0.2, 0.25) is 0 Å². The van der Waals surface area contributed by atoms with Gasteiger partial charge < -0.3 is 14.2 Å². The molecule has 3 N–H and O–H groups in total. The summed E-state index contributed by atoms with van der Waals surface area (Å²) in [7, 11) is 4.69. The minimum Gasteiger partial charge on any atom is -0.493 e. The second kappa shape index (κ2) is 19.3. The van der Waals surface area contributed by atoms with Crippen molar-refractivity contribution in [2.24, 2.45) is 5.90 Å². The minimum absolute atomic E-state index is 0.177. The van der Waals surface area contributed by atoms with E-state index >= 15 is 0 Å². The van der Waals surface area contributed by atoms with Crippen LogP contribution in [0.25, 0.3) is 10.4 Å². The van der Waals surface area contributed by atoms with E-state index in [1.807, 2.05) is 36.2 Å². The average Bonchev–Trinajstić information content (AvgIpc) is 3.64. The molecular weight excluding hydrogens is 566 g/mol. The van der Waals surface area contributed by atoms with Gasteiger partial charge in [-0.1, -0.05) is 45.0 Å². The molecule has 1 aliphatic heterocycles. The lowest BCUT2D eigenvalue weighted by molar-refractivity contribution is -0.351. The Morgan fingerprint density at radius 1 is 1.13 bits per heavy atom. The monoisotopic (exact) mass is 597 g/mol. The number of benzene rings is 2. The Morgan fingerprint density at radius 2 is 1.85 bits per heavy atom. The van der Waals surface area contributed by atoms with Crippen LogP contribution in [0.15, 0.2) is 54.6 Å². The van der Waals surface area contributed by atoms with E-state index in [4.69, 9.17) is 21.7 Å². The number of carbonyl (C=O) groups excluding carboxylic acids is 2. The number of hydrogen-bond acceptors (Lipinski definition) is 14. The number of nitrogens with two attached hydrogens (primary N) is 1. The minimum atomic E-state index is -0.432. The van der Waals surface area contributed by atoms with Crippen molar-refractivity contribution in [2.45, 2.75) is 19.8 Å². The van der Waals surface area contributed by atoms with Crippen molar-refractivity contribution in [1.29, 1.82) is 0 Å². The number of hydrogen-bond donors (Lipinski definition) is 2. The van der Waals surface area contributed by atoms with Crippen LogP contribution in [0, 0.1) is 3.82 Å². The second-order valence-corrected chi connectivity index (χ2v) is 10.3. The van der Waals surface area contributed by atoms with Gasteiger partial charge in [-0.3, -0.25) is 9.63 Å². The molecule has 0 saturated carbocycles. The first kappa shape index (κ1) is 32.4. The summed E-state index contributed by atoms with van der Waals surface area (Å²) in [6, 6.07) is 16.4. The lowest BCUT2D eigenvalue weighted by Crippen LogP contribution is -2.34. The zero-order valence-electron chi connectivity index (χ0n) is 21.5. The number of nitrogens with zero attached hydrogens (tertiary/aromatic N) is 1. The molecule has 212 valence electrons. The van der Waals surface area contributed by atoms with E-state index in [0.717, 1.165) is 27.4 Å². The van der Waals surface area contributed by atoms with Crippen molar-refractivity contribution in [2.75, 3.05) is 33.6 Å². The molecule has 14 heteroatoms. The molecule has 0 bridgehead atoms. The molecule has 0 amide bonds. The highest BCUT2D eigenvalue weighted by Crippen LogP contribution is 2.30. The van der Waals surface area contributed by atoms with Crippen LogP contribution in [0.3, 0.4) is 0 Å². The Balaban J connectivity index is 0.000000291. The lowest BCUT2D eigenvalue weighted by atomic mass is 10.2. The Morgan fingerprint density at radius 3 is 2.41 bits per heavy atom. The summed E-state index contributed by atoms with van der Waals surface area (Å²) < 4.78 is 15.7. The predicted molar refractivity (Wildman–Crippen MR) is 150 cm³/mol. The zero-order chi connectivity index (χ0) is 28.3. The molecule has 2 heterocycles. The van der Waals surface area contributed by atoms with Crippen LogP contribution < -0.4 is 21.0 Å². The lowest BCUT2D eigenvalue weighted by Gasteiger charge is -2.12. The fourth-order valence-corrected chi connectivity index (χ4v) is 5.51. The number of para-hydroxylation sites is 1. The topological polar surface area (TPSA) is 131 Å². The first-order chi connectivity index (χ1) is 19.0. The third-order valence-corrected chi connectivity index (χ3v) is 7.69. The molecule has 1 saturated heterocycles. The summed E-state index contributed by atoms with van der Waals surface area (Å²) in [4.78, 5) is 35.4. The van der Waals surface area contributed by atoms with Gasteiger partial charge in [-0.15, -0.1) is 10.6 Å². The van der Waals surface area contributed by atoms with Gasteiger partial charge in [0.05, 0.1) is 13.7 Å². The largest absolute Gasteiger partial charge is 0.493 e. The van der Waals surface area contributed by atoms with Crippen LogP contribution in [-0.2, 0) is 24.2 Å². The molecule has 1 fully saturated rings. The number of rotatable bonds is 11. The van der Waals surface area contributed by atoms with Gasteiger partial charge >= 0.3 is 5.97 Å². The smallest absolute Gasteiger partial charge is 0.347 e. The maximum atomic E-state index is 12.4. The van der Waals surface area contributed by atoms with Crippen molar-refractivity contribution in [1.82, 2.24) is 10.6 Å². The van der Waals surface area contributed by atoms with E-state index < -0.39 is 5.97 Å². The fraction of sp³-hybridized carbons (Fsp3) is 0.320. The molecule has 0 atom stereocenters. The highest BCUT2D eigenvalue weighted by Gasteiger charge is 2.14. The first-order valence-electron chi connectivity index (χ1n) is 11.7. The highest BCUT2D eigenvalue weighted by molar-refractivity contribution is 7.80. The molecule has 1 aromatic heterocycles. The maximum absolute atomic E-state index is 12.4. The van der Waals surface area contributed by atoms with Gasteiger partial charge in [-0.25, -0.2) is 20.6 Å². The number of ether oxygens (including phenoxy) is 3. The molecular formula is C25H31N3O8S3. The summed E-state index contributed by atoms with van der Waals surface area (Å²) in [5, 5.41) is 1.98. The number of nitrogens with one attached hydrogen (secondary N) is 1. The van der Waals surface area contributed by atoms with Gasteiger partial charge in [0, 0.05) is 18.0 Å². The van der Waals surface area contributed by atoms with E-state index in [1.165, 1.54) is 20.0 Å². The molecule has 2 aromatic carbocycles. The van der Waals surface area contributed by atoms with Gasteiger partial charge in [0.15, 0.2) is 0 Å². The van der Waals surface area contributed by atoms with Crippen LogP contribution >= 0.6 is 32.9 Å². The van der Waals surface area contributed by atoms with Gasteiger partial charge in [-0.2, -0.15) is 0 Å². The van der Waals surface area contributed by atoms with Crippen molar-refractivity contribution < 1.29 is 38.5 Å².